The Balaban J connectivity index is 1.65. The normalized spacial score (nSPS) is 13.2. The molecule has 0 bridgehead atoms. The number of anilines is 2. The van der Waals surface area contributed by atoms with Crippen molar-refractivity contribution in [2.45, 2.75) is 26.2 Å². The van der Waals surface area contributed by atoms with Gasteiger partial charge in [0.2, 0.25) is 5.91 Å². The molecule has 0 aliphatic carbocycles. The quantitative estimate of drug-likeness (QED) is 0.707. The second-order valence-corrected chi connectivity index (χ2v) is 6.79. The van der Waals surface area contributed by atoms with E-state index in [2.05, 4.69) is 5.32 Å². The molecule has 142 valence electrons. The molecule has 0 spiro atoms. The molecule has 2 heterocycles. The highest BCUT2D eigenvalue weighted by atomic mass is 16.4. The van der Waals surface area contributed by atoms with Crippen LogP contribution in [-0.4, -0.2) is 18.4 Å². The Labute approximate surface area is 161 Å². The molecule has 6 heteroatoms. The van der Waals surface area contributed by atoms with E-state index in [0.29, 0.717) is 29.6 Å². The average Bonchev–Trinajstić information content (AvgIpc) is 2.72. The van der Waals surface area contributed by atoms with Gasteiger partial charge in [-0.2, -0.15) is 0 Å². The lowest BCUT2D eigenvalue weighted by molar-refractivity contribution is -0.118. The Bertz CT molecular complexity index is 1130. The van der Waals surface area contributed by atoms with E-state index < -0.39 is 11.5 Å². The van der Waals surface area contributed by atoms with E-state index in [0.717, 1.165) is 24.1 Å². The van der Waals surface area contributed by atoms with Gasteiger partial charge in [0, 0.05) is 29.7 Å². The summed E-state index contributed by atoms with van der Waals surface area (Å²) in [5.41, 5.74) is 2.13. The van der Waals surface area contributed by atoms with Crippen molar-refractivity contribution in [2.24, 2.45) is 0 Å². The fourth-order valence-corrected chi connectivity index (χ4v) is 3.52. The molecule has 4 rings (SSSR count). The van der Waals surface area contributed by atoms with E-state index in [1.54, 1.807) is 35.2 Å². The Morgan fingerprint density at radius 1 is 1.14 bits per heavy atom. The Morgan fingerprint density at radius 2 is 1.96 bits per heavy atom. The van der Waals surface area contributed by atoms with Crippen LogP contribution >= 0.6 is 0 Å². The second kappa shape index (κ2) is 7.31. The van der Waals surface area contributed by atoms with Gasteiger partial charge < -0.3 is 14.6 Å². The molecule has 0 fully saturated rings. The Morgan fingerprint density at radius 3 is 2.79 bits per heavy atom. The Kier molecular flexibility index (Phi) is 4.69. The molecule has 1 aromatic heterocycles. The number of aryl methyl sites for hydroxylation is 1. The maximum Gasteiger partial charge on any atom is 0.349 e. The SMILES string of the molecule is CCC(=O)N1CCCc2ccc(NC(=O)c3cc4ccccc4oc3=O)cc21. The average molecular weight is 376 g/mol. The summed E-state index contributed by atoms with van der Waals surface area (Å²) in [5, 5.41) is 3.43. The minimum Gasteiger partial charge on any atom is -0.422 e. The van der Waals surface area contributed by atoms with E-state index in [4.69, 9.17) is 4.42 Å². The monoisotopic (exact) mass is 376 g/mol. The zero-order valence-electron chi connectivity index (χ0n) is 15.5. The van der Waals surface area contributed by atoms with Crippen molar-refractivity contribution in [1.82, 2.24) is 0 Å². The molecule has 2 amide bonds. The van der Waals surface area contributed by atoms with Crippen LogP contribution in [0.1, 0.15) is 35.7 Å². The van der Waals surface area contributed by atoms with E-state index >= 15 is 0 Å². The van der Waals surface area contributed by atoms with Crippen LogP contribution in [0.15, 0.2) is 57.7 Å². The van der Waals surface area contributed by atoms with Gasteiger partial charge in [-0.3, -0.25) is 9.59 Å². The lowest BCUT2D eigenvalue weighted by Gasteiger charge is -2.29. The molecular weight excluding hydrogens is 356 g/mol. The van der Waals surface area contributed by atoms with Crippen LogP contribution in [0.25, 0.3) is 11.0 Å². The predicted molar refractivity (Wildman–Crippen MR) is 108 cm³/mol. The number of para-hydroxylation sites is 1. The van der Waals surface area contributed by atoms with Crippen molar-refractivity contribution in [3.63, 3.8) is 0 Å². The highest BCUT2D eigenvalue weighted by Gasteiger charge is 2.22. The molecule has 0 saturated carbocycles. The fraction of sp³-hybridized carbons (Fsp3) is 0.227. The van der Waals surface area contributed by atoms with Crippen molar-refractivity contribution in [1.29, 1.82) is 0 Å². The first-order chi connectivity index (χ1) is 13.6. The van der Waals surface area contributed by atoms with Gasteiger partial charge in [0.05, 0.1) is 0 Å². The van der Waals surface area contributed by atoms with E-state index in [-0.39, 0.29) is 11.5 Å². The summed E-state index contributed by atoms with van der Waals surface area (Å²) in [5.74, 6) is -0.483. The summed E-state index contributed by atoms with van der Waals surface area (Å²) in [7, 11) is 0. The van der Waals surface area contributed by atoms with Crippen molar-refractivity contribution >= 4 is 34.2 Å². The number of benzene rings is 2. The minimum absolute atomic E-state index is 0.0552. The zero-order chi connectivity index (χ0) is 19.7. The number of carbonyl (C=O) groups is 2. The number of nitrogens with zero attached hydrogens (tertiary/aromatic N) is 1. The number of hydrogen-bond donors (Lipinski definition) is 1. The molecule has 1 aliphatic heterocycles. The smallest absolute Gasteiger partial charge is 0.349 e. The van der Waals surface area contributed by atoms with Crippen LogP contribution in [0.2, 0.25) is 0 Å². The van der Waals surface area contributed by atoms with E-state index in [1.807, 2.05) is 19.1 Å². The maximum absolute atomic E-state index is 12.7. The maximum atomic E-state index is 12.7. The number of nitrogens with one attached hydrogen (secondary N) is 1. The second-order valence-electron chi connectivity index (χ2n) is 6.79. The fourth-order valence-electron chi connectivity index (χ4n) is 3.52. The van der Waals surface area contributed by atoms with E-state index in [9.17, 15) is 14.4 Å². The van der Waals surface area contributed by atoms with Gasteiger partial charge in [0.25, 0.3) is 5.91 Å². The van der Waals surface area contributed by atoms with Gasteiger partial charge in [0.1, 0.15) is 11.1 Å². The first-order valence-electron chi connectivity index (χ1n) is 9.34. The lowest BCUT2D eigenvalue weighted by Crippen LogP contribution is -2.35. The van der Waals surface area contributed by atoms with Crippen LogP contribution < -0.4 is 15.8 Å². The largest absolute Gasteiger partial charge is 0.422 e. The first kappa shape index (κ1) is 18.0. The summed E-state index contributed by atoms with van der Waals surface area (Å²) in [6.07, 6.45) is 2.24. The predicted octanol–water partition coefficient (Wildman–Crippen LogP) is 3.73. The molecule has 3 aromatic rings. The summed E-state index contributed by atoms with van der Waals surface area (Å²) in [4.78, 5) is 38.9. The van der Waals surface area contributed by atoms with Crippen molar-refractivity contribution in [3.05, 3.63) is 70.1 Å². The number of hydrogen-bond acceptors (Lipinski definition) is 4. The molecule has 2 aromatic carbocycles. The molecule has 6 nitrogen and oxygen atoms in total. The van der Waals surface area contributed by atoms with Crippen LogP contribution in [0.3, 0.4) is 0 Å². The molecule has 1 aliphatic rings. The van der Waals surface area contributed by atoms with E-state index in [1.165, 1.54) is 6.07 Å². The third-order valence-corrected chi connectivity index (χ3v) is 4.95. The topological polar surface area (TPSA) is 79.6 Å². The van der Waals surface area contributed by atoms with Gasteiger partial charge in [-0.15, -0.1) is 0 Å². The number of rotatable bonds is 3. The summed E-state index contributed by atoms with van der Waals surface area (Å²) in [6, 6.07) is 14.1. The standard InChI is InChI=1S/C22H20N2O4/c1-2-20(25)24-11-5-7-14-9-10-16(13-18(14)24)23-21(26)17-12-15-6-3-4-8-19(15)28-22(17)27/h3-4,6,8-10,12-13H,2,5,7,11H2,1H3,(H,23,26). The highest BCUT2D eigenvalue weighted by molar-refractivity contribution is 6.06. The zero-order valence-corrected chi connectivity index (χ0v) is 15.5. The highest BCUT2D eigenvalue weighted by Crippen LogP contribution is 2.30. The van der Waals surface area contributed by atoms with Crippen molar-refractivity contribution in [3.8, 4) is 0 Å². The minimum atomic E-state index is -0.683. The van der Waals surface area contributed by atoms with Gasteiger partial charge >= 0.3 is 5.63 Å². The van der Waals surface area contributed by atoms with Crippen molar-refractivity contribution < 1.29 is 14.0 Å². The third-order valence-electron chi connectivity index (χ3n) is 4.95. The van der Waals surface area contributed by atoms with Gasteiger partial charge in [-0.1, -0.05) is 31.2 Å². The first-order valence-corrected chi connectivity index (χ1v) is 9.34. The summed E-state index contributed by atoms with van der Waals surface area (Å²) in [6.45, 7) is 2.51. The Hall–Kier alpha value is -3.41. The molecular formula is C22H20N2O4. The molecule has 0 unspecified atom stereocenters. The van der Waals surface area contributed by atoms with Gasteiger partial charge in [-0.05, 0) is 42.7 Å². The third kappa shape index (κ3) is 3.29. The van der Waals surface area contributed by atoms with Gasteiger partial charge in [-0.25, -0.2) is 4.79 Å². The van der Waals surface area contributed by atoms with Crippen LogP contribution in [0, 0.1) is 0 Å². The van der Waals surface area contributed by atoms with Crippen LogP contribution in [0.4, 0.5) is 11.4 Å². The summed E-state index contributed by atoms with van der Waals surface area (Å²) >= 11 is 0. The molecule has 28 heavy (non-hydrogen) atoms. The van der Waals surface area contributed by atoms with Crippen LogP contribution in [0.5, 0.6) is 0 Å². The van der Waals surface area contributed by atoms with Crippen molar-refractivity contribution in [2.75, 3.05) is 16.8 Å². The molecule has 0 saturated heterocycles. The van der Waals surface area contributed by atoms with Crippen LogP contribution in [-0.2, 0) is 11.2 Å². The van der Waals surface area contributed by atoms with Gasteiger partial charge in [0.15, 0.2) is 0 Å². The number of amides is 2. The molecule has 0 radical (unpaired) electrons. The lowest BCUT2D eigenvalue weighted by atomic mass is 10.0. The summed E-state index contributed by atoms with van der Waals surface area (Å²) < 4.78 is 5.24. The number of carbonyl (C=O) groups excluding carboxylic acids is 2. The number of fused-ring (bicyclic) bond motifs is 2. The molecule has 1 N–H and O–H groups in total. The molecule has 0 atom stereocenters.